The fourth-order valence-corrected chi connectivity index (χ4v) is 1.42. The van der Waals surface area contributed by atoms with Gasteiger partial charge in [0.05, 0.1) is 0 Å². The maximum atomic E-state index is 13.5. The van der Waals surface area contributed by atoms with Gasteiger partial charge in [0.2, 0.25) is 11.7 Å². The lowest BCUT2D eigenvalue weighted by atomic mass is 10.2. The molecule has 4 nitrogen and oxygen atoms in total. The first-order valence-electron chi connectivity index (χ1n) is 5.41. The van der Waals surface area contributed by atoms with Crippen LogP contribution >= 0.6 is 0 Å². The second-order valence-electron chi connectivity index (χ2n) is 3.99. The monoisotopic (exact) mass is 287 g/mol. The van der Waals surface area contributed by atoms with E-state index < -0.39 is 29.5 Å². The van der Waals surface area contributed by atoms with Gasteiger partial charge in [0.1, 0.15) is 5.82 Å². The quantitative estimate of drug-likeness (QED) is 0.861. The highest BCUT2D eigenvalue weighted by Crippen LogP contribution is 2.30. The SMILES string of the molecule is Cc1ccc(F)c(Oc2cc(N)nc(C(F)(F)F)n2)c1. The fourth-order valence-electron chi connectivity index (χ4n) is 1.42. The molecule has 0 amide bonds. The van der Waals surface area contributed by atoms with Crippen molar-refractivity contribution in [3.8, 4) is 11.6 Å². The summed E-state index contributed by atoms with van der Waals surface area (Å²) in [5.41, 5.74) is 5.93. The molecule has 0 saturated heterocycles. The minimum absolute atomic E-state index is 0.240. The number of alkyl halides is 3. The van der Waals surface area contributed by atoms with Crippen LogP contribution in [0.1, 0.15) is 11.4 Å². The number of nitrogen functional groups attached to an aromatic ring is 1. The molecule has 2 N–H and O–H groups in total. The Hall–Kier alpha value is -2.38. The maximum Gasteiger partial charge on any atom is 0.451 e. The van der Waals surface area contributed by atoms with Crippen LogP contribution in [-0.2, 0) is 6.18 Å². The van der Waals surface area contributed by atoms with E-state index in [2.05, 4.69) is 9.97 Å². The Kier molecular flexibility index (Phi) is 3.47. The zero-order valence-electron chi connectivity index (χ0n) is 10.2. The molecule has 2 rings (SSSR count). The van der Waals surface area contributed by atoms with Gasteiger partial charge in [-0.25, -0.2) is 9.37 Å². The molecule has 1 heterocycles. The topological polar surface area (TPSA) is 61.0 Å². The molecule has 0 aliphatic rings. The third kappa shape index (κ3) is 3.14. The molecule has 106 valence electrons. The molecule has 1 aromatic carbocycles. The minimum Gasteiger partial charge on any atom is -0.436 e. The predicted octanol–water partition coefficient (Wildman–Crippen LogP) is 3.32. The van der Waals surface area contributed by atoms with Gasteiger partial charge in [0.15, 0.2) is 11.6 Å². The molecule has 8 heteroatoms. The molecule has 0 spiro atoms. The third-order valence-corrected chi connectivity index (χ3v) is 2.28. The Balaban J connectivity index is 2.39. The molecule has 0 aliphatic heterocycles. The summed E-state index contributed by atoms with van der Waals surface area (Å²) in [6, 6.07) is 4.95. The number of aryl methyl sites for hydroxylation is 1. The van der Waals surface area contributed by atoms with Crippen molar-refractivity contribution in [3.63, 3.8) is 0 Å². The molecular formula is C12H9F4N3O. The van der Waals surface area contributed by atoms with Crippen molar-refractivity contribution in [2.24, 2.45) is 0 Å². The van der Waals surface area contributed by atoms with Gasteiger partial charge in [-0.1, -0.05) is 6.07 Å². The summed E-state index contributed by atoms with van der Waals surface area (Å²) in [4.78, 5) is 6.22. The van der Waals surface area contributed by atoms with E-state index in [9.17, 15) is 17.6 Å². The Labute approximate surface area is 111 Å². The highest BCUT2D eigenvalue weighted by atomic mass is 19.4. The van der Waals surface area contributed by atoms with Crippen molar-refractivity contribution >= 4 is 5.82 Å². The second-order valence-corrected chi connectivity index (χ2v) is 3.99. The van der Waals surface area contributed by atoms with Gasteiger partial charge in [-0.05, 0) is 24.6 Å². The predicted molar refractivity (Wildman–Crippen MR) is 62.7 cm³/mol. The number of halogens is 4. The van der Waals surface area contributed by atoms with E-state index in [1.807, 2.05) is 0 Å². The van der Waals surface area contributed by atoms with Crippen LogP contribution in [0, 0.1) is 12.7 Å². The summed E-state index contributed by atoms with van der Waals surface area (Å²) in [5, 5.41) is 0. The van der Waals surface area contributed by atoms with E-state index in [0.717, 1.165) is 12.1 Å². The summed E-state index contributed by atoms with van der Waals surface area (Å²) < 4.78 is 56.0. The Morgan fingerprint density at radius 1 is 1.15 bits per heavy atom. The first-order valence-corrected chi connectivity index (χ1v) is 5.41. The number of nitrogens with zero attached hydrogens (tertiary/aromatic N) is 2. The van der Waals surface area contributed by atoms with Crippen LogP contribution < -0.4 is 10.5 Å². The van der Waals surface area contributed by atoms with E-state index in [4.69, 9.17) is 10.5 Å². The van der Waals surface area contributed by atoms with Crippen LogP contribution in [-0.4, -0.2) is 9.97 Å². The number of hydrogen-bond donors (Lipinski definition) is 1. The number of rotatable bonds is 2. The number of ether oxygens (including phenoxy) is 1. The summed E-state index contributed by atoms with van der Waals surface area (Å²) in [7, 11) is 0. The third-order valence-electron chi connectivity index (χ3n) is 2.28. The van der Waals surface area contributed by atoms with E-state index in [0.29, 0.717) is 5.56 Å². The standard InChI is InChI=1S/C12H9F4N3O/c1-6-2-3-7(13)8(4-6)20-10-5-9(17)18-11(19-10)12(14,15)16/h2-5H,1H3,(H2,17,18,19). The molecule has 2 aromatic rings. The van der Waals surface area contributed by atoms with Gasteiger partial charge in [-0.15, -0.1) is 0 Å². The molecule has 0 saturated carbocycles. The molecule has 0 radical (unpaired) electrons. The van der Waals surface area contributed by atoms with Crippen molar-refractivity contribution in [2.45, 2.75) is 13.1 Å². The Morgan fingerprint density at radius 2 is 1.85 bits per heavy atom. The molecule has 1 aromatic heterocycles. The molecule has 0 aliphatic carbocycles. The van der Waals surface area contributed by atoms with Crippen molar-refractivity contribution < 1.29 is 22.3 Å². The highest BCUT2D eigenvalue weighted by Gasteiger charge is 2.35. The van der Waals surface area contributed by atoms with E-state index >= 15 is 0 Å². The van der Waals surface area contributed by atoms with Crippen LogP contribution in [0.5, 0.6) is 11.6 Å². The zero-order valence-corrected chi connectivity index (χ0v) is 10.2. The smallest absolute Gasteiger partial charge is 0.436 e. The van der Waals surface area contributed by atoms with E-state index in [1.165, 1.54) is 12.1 Å². The second kappa shape index (κ2) is 4.95. The Bertz CT molecular complexity index is 643. The molecule has 0 fully saturated rings. The van der Waals surface area contributed by atoms with Crippen molar-refractivity contribution in [2.75, 3.05) is 5.73 Å². The van der Waals surface area contributed by atoms with Crippen LogP contribution in [0.15, 0.2) is 24.3 Å². The molecule has 0 bridgehead atoms. The summed E-state index contributed by atoms with van der Waals surface area (Å²) >= 11 is 0. The van der Waals surface area contributed by atoms with Gasteiger partial charge in [-0.2, -0.15) is 18.2 Å². The lowest BCUT2D eigenvalue weighted by Gasteiger charge is -2.10. The number of hydrogen-bond acceptors (Lipinski definition) is 4. The summed E-state index contributed by atoms with van der Waals surface area (Å²) in [5.74, 6) is -3.30. The molecule has 20 heavy (non-hydrogen) atoms. The lowest BCUT2D eigenvalue weighted by Crippen LogP contribution is -2.13. The normalized spacial score (nSPS) is 11.4. The summed E-state index contributed by atoms with van der Waals surface area (Å²) in [6.45, 7) is 1.68. The van der Waals surface area contributed by atoms with Gasteiger partial charge >= 0.3 is 6.18 Å². The first-order chi connectivity index (χ1) is 9.25. The van der Waals surface area contributed by atoms with Gasteiger partial charge < -0.3 is 10.5 Å². The van der Waals surface area contributed by atoms with E-state index in [1.54, 1.807) is 6.92 Å². The fraction of sp³-hybridized carbons (Fsp3) is 0.167. The number of anilines is 1. The maximum absolute atomic E-state index is 13.5. The average Bonchev–Trinajstić information content (AvgIpc) is 2.32. The van der Waals surface area contributed by atoms with E-state index in [-0.39, 0.29) is 5.75 Å². The van der Waals surface area contributed by atoms with Gasteiger partial charge in [-0.3, -0.25) is 0 Å². The zero-order chi connectivity index (χ0) is 14.9. The van der Waals surface area contributed by atoms with Crippen LogP contribution in [0.4, 0.5) is 23.4 Å². The number of nitrogens with two attached hydrogens (primary N) is 1. The van der Waals surface area contributed by atoms with Crippen molar-refractivity contribution in [1.29, 1.82) is 0 Å². The van der Waals surface area contributed by atoms with Gasteiger partial charge in [0.25, 0.3) is 0 Å². The Morgan fingerprint density at radius 3 is 2.50 bits per heavy atom. The highest BCUT2D eigenvalue weighted by molar-refractivity contribution is 5.37. The molecule has 0 unspecified atom stereocenters. The van der Waals surface area contributed by atoms with Crippen LogP contribution in [0.25, 0.3) is 0 Å². The lowest BCUT2D eigenvalue weighted by molar-refractivity contribution is -0.145. The van der Waals surface area contributed by atoms with Gasteiger partial charge in [0, 0.05) is 6.07 Å². The average molecular weight is 287 g/mol. The van der Waals surface area contributed by atoms with Crippen molar-refractivity contribution in [1.82, 2.24) is 9.97 Å². The summed E-state index contributed by atoms with van der Waals surface area (Å²) in [6.07, 6.45) is -4.77. The largest absolute Gasteiger partial charge is 0.451 e. The molecular weight excluding hydrogens is 278 g/mol. The van der Waals surface area contributed by atoms with Crippen LogP contribution in [0.3, 0.4) is 0 Å². The van der Waals surface area contributed by atoms with Crippen LogP contribution in [0.2, 0.25) is 0 Å². The number of benzene rings is 1. The minimum atomic E-state index is -4.77. The molecule has 0 atom stereocenters. The number of aromatic nitrogens is 2. The van der Waals surface area contributed by atoms with Crippen molar-refractivity contribution in [3.05, 3.63) is 41.5 Å². The first kappa shape index (κ1) is 14.0.